The molecular weight excluding hydrogens is 1220 g/mol. The average Bonchev–Trinajstić information content (AvgIpc) is 4.48. The molecule has 0 saturated carbocycles. The molecule has 418 valence electrons. The second kappa shape index (κ2) is 25.8. The Hall–Kier alpha value is -8.75. The fraction of sp³-hybridized carbons (Fsp3) is 0.119. The van der Waals surface area contributed by atoms with Crippen LogP contribution in [0, 0.1) is 0 Å². The summed E-state index contributed by atoms with van der Waals surface area (Å²) in [4.78, 5) is 63.2. The van der Waals surface area contributed by atoms with Gasteiger partial charge in [-0.3, -0.25) is 14.5 Å². The number of thioether (sulfide) groups is 1. The molecule has 0 aliphatic carbocycles. The summed E-state index contributed by atoms with van der Waals surface area (Å²) in [5, 5.41) is 15.3. The molecule has 2 amide bonds. The molecule has 17 heteroatoms. The van der Waals surface area contributed by atoms with Gasteiger partial charge in [-0.2, -0.15) is 0 Å². The number of carbonyl (C=O) groups excluding carboxylic acids is 3. The quantitative estimate of drug-likeness (QED) is 0.0144. The van der Waals surface area contributed by atoms with Crippen LogP contribution in [0.5, 0.6) is 5.75 Å². The minimum absolute atomic E-state index is 0. The molecule has 0 radical (unpaired) electrons. The monoisotopic (exact) mass is 1280 g/mol. The maximum absolute atomic E-state index is 15.5. The third-order valence-electron chi connectivity index (χ3n) is 14.7. The van der Waals surface area contributed by atoms with E-state index in [2.05, 4.69) is 52.0 Å². The summed E-state index contributed by atoms with van der Waals surface area (Å²) >= 11 is 4.26. The van der Waals surface area contributed by atoms with Crippen LogP contribution < -0.4 is 43.9 Å². The van der Waals surface area contributed by atoms with Crippen LogP contribution in [0.3, 0.4) is 0 Å². The molecule has 12 rings (SSSR count). The Kier molecular flexibility index (Phi) is 17.5. The van der Waals surface area contributed by atoms with Gasteiger partial charge in [0.05, 0.1) is 23.9 Å². The molecule has 1 saturated heterocycles. The molecule has 1 fully saturated rings. The minimum atomic E-state index is -1.38. The van der Waals surface area contributed by atoms with Crippen molar-refractivity contribution in [1.82, 2.24) is 20.2 Å². The van der Waals surface area contributed by atoms with Crippen molar-refractivity contribution in [2.45, 2.75) is 35.7 Å². The number of rotatable bonds is 20. The number of methoxy groups -OCH3 is 1. The van der Waals surface area contributed by atoms with Crippen molar-refractivity contribution in [2.75, 3.05) is 18.2 Å². The zero-order valence-corrected chi connectivity index (χ0v) is 49.8. The van der Waals surface area contributed by atoms with Crippen molar-refractivity contribution in [3.05, 3.63) is 303 Å². The van der Waals surface area contributed by atoms with E-state index in [9.17, 15) is 9.59 Å². The molecule has 2 N–H and O–H groups in total. The Labute approximate surface area is 515 Å². The standard InChI is InChI=1S/C67H53N7O6S3.HI/c1-78-55-36-34-46(35-37-55)41-79-64(77)60-48(40-73-38-20-21-47(39-73)56-43-81-45-68-56)42-82-63-59(62(76)74(60)63)70-61(75)58(72-80-67(52-28-14-5-15-29-52,53-30-16-6-17-31-53)54-32-18-7-19-33-54)57-44-83-65(69-57)71-66(49-22-8-2-9-23-49,50-24-10-3-11-25-50)51-26-12-4-13-27-51;/h2-39,43-45,59,63H,40-42H2,1H3,(H-,69,70,71,75);1H/t59-,63+;/m1./s1. The number of amides is 2. The highest BCUT2D eigenvalue weighted by Crippen LogP contribution is 2.44. The molecule has 5 heterocycles. The van der Waals surface area contributed by atoms with Gasteiger partial charge in [0, 0.05) is 44.8 Å². The smallest absolute Gasteiger partial charge is 0.355 e. The number of oxime groups is 1. The number of pyridine rings is 1. The van der Waals surface area contributed by atoms with E-state index in [4.69, 9.17) is 24.5 Å². The molecular formula is C67H54IN7O6S3. The molecule has 10 aromatic rings. The fourth-order valence-electron chi connectivity index (χ4n) is 10.7. The van der Waals surface area contributed by atoms with Crippen molar-refractivity contribution in [3.63, 3.8) is 0 Å². The van der Waals surface area contributed by atoms with Gasteiger partial charge in [-0.15, -0.1) is 34.4 Å². The summed E-state index contributed by atoms with van der Waals surface area (Å²) < 4.78 is 13.3. The zero-order chi connectivity index (χ0) is 56.6. The first-order chi connectivity index (χ1) is 40.8. The summed E-state index contributed by atoms with van der Waals surface area (Å²) in [7, 11) is 1.59. The molecule has 2 atom stereocenters. The predicted octanol–water partition coefficient (Wildman–Crippen LogP) is 8.78. The van der Waals surface area contributed by atoms with Gasteiger partial charge in [-0.25, -0.2) is 19.3 Å². The number of hydrogen-bond donors (Lipinski definition) is 2. The van der Waals surface area contributed by atoms with Crippen molar-refractivity contribution in [1.29, 1.82) is 0 Å². The lowest BCUT2D eigenvalue weighted by Crippen LogP contribution is -3.00. The highest BCUT2D eigenvalue weighted by Gasteiger charge is 2.55. The van der Waals surface area contributed by atoms with Crippen molar-refractivity contribution >= 4 is 63.1 Å². The van der Waals surface area contributed by atoms with Crippen molar-refractivity contribution < 1.29 is 57.2 Å². The van der Waals surface area contributed by atoms with Crippen LogP contribution in [0.1, 0.15) is 44.6 Å². The van der Waals surface area contributed by atoms with Crippen LogP contribution in [0.15, 0.2) is 263 Å². The van der Waals surface area contributed by atoms with Gasteiger partial charge < -0.3 is 48.9 Å². The number of nitrogens with zero attached hydrogens (tertiary/aromatic N) is 5. The van der Waals surface area contributed by atoms with E-state index in [1.165, 1.54) is 39.3 Å². The second-order valence-corrected chi connectivity index (χ2v) is 22.4. The molecule has 13 nitrogen and oxygen atoms in total. The van der Waals surface area contributed by atoms with E-state index < -0.39 is 40.3 Å². The molecule has 0 unspecified atom stereocenters. The molecule has 0 spiro atoms. The van der Waals surface area contributed by atoms with E-state index in [0.29, 0.717) is 22.2 Å². The summed E-state index contributed by atoms with van der Waals surface area (Å²) in [5.74, 6) is -0.842. The maximum atomic E-state index is 15.5. The highest BCUT2D eigenvalue weighted by atomic mass is 127. The Morgan fingerprint density at radius 3 is 1.77 bits per heavy atom. The first-order valence-corrected chi connectivity index (χ1v) is 29.7. The van der Waals surface area contributed by atoms with E-state index in [1.807, 2.05) is 192 Å². The number of β-lactam (4-membered cyclic amide) rings is 1. The molecule has 7 aromatic carbocycles. The number of nitrogens with one attached hydrogen (secondary N) is 2. The van der Waals surface area contributed by atoms with Gasteiger partial charge in [-0.05, 0) is 40.5 Å². The van der Waals surface area contributed by atoms with E-state index in [0.717, 1.165) is 50.2 Å². The first kappa shape index (κ1) is 57.1. The van der Waals surface area contributed by atoms with Gasteiger partial charge in [0.2, 0.25) is 5.60 Å². The topological polar surface area (TPSA) is 148 Å². The SMILES string of the molecule is COc1ccc(COC(=O)C2=C(C[n+]3cccc(-c4cscn4)c3)CS[C@H]3[C@H](NC(=O)C(=NOC(c4ccccc4)(c4ccccc4)c4ccccc4)c4csc(NC(c5ccccc5)(c5ccccc5)c5ccccc5)n4)C(=O)N23)cc1.[I-]. The number of fused-ring (bicyclic) bond motifs is 1. The third kappa shape index (κ3) is 11.5. The van der Waals surface area contributed by atoms with Crippen LogP contribution in [0.25, 0.3) is 11.3 Å². The molecule has 84 heavy (non-hydrogen) atoms. The maximum Gasteiger partial charge on any atom is 0.355 e. The molecule has 2 aliphatic heterocycles. The van der Waals surface area contributed by atoms with E-state index >= 15 is 4.79 Å². The molecule has 0 bridgehead atoms. The molecule has 2 aliphatic rings. The molecule has 3 aromatic heterocycles. The van der Waals surface area contributed by atoms with Crippen LogP contribution in [0.4, 0.5) is 5.13 Å². The lowest BCUT2D eigenvalue weighted by atomic mass is 9.77. The summed E-state index contributed by atoms with van der Waals surface area (Å²) in [6.07, 6.45) is 3.88. The Morgan fingerprint density at radius 1 is 0.702 bits per heavy atom. The Balaban J connectivity index is 0.00000736. The van der Waals surface area contributed by atoms with Gasteiger partial charge >= 0.3 is 5.97 Å². The zero-order valence-electron chi connectivity index (χ0n) is 45.2. The summed E-state index contributed by atoms with van der Waals surface area (Å²) in [5.41, 5.74) is 7.92. The summed E-state index contributed by atoms with van der Waals surface area (Å²) in [6, 6.07) is 69.8. The van der Waals surface area contributed by atoms with Gasteiger partial charge in [0.25, 0.3) is 11.8 Å². The van der Waals surface area contributed by atoms with Crippen LogP contribution in [-0.4, -0.2) is 62.6 Å². The van der Waals surface area contributed by atoms with Crippen molar-refractivity contribution in [2.24, 2.45) is 5.16 Å². The van der Waals surface area contributed by atoms with Crippen molar-refractivity contribution in [3.8, 4) is 17.0 Å². The highest BCUT2D eigenvalue weighted by molar-refractivity contribution is 8.00. The lowest BCUT2D eigenvalue weighted by Gasteiger charge is -2.49. The number of carbonyl (C=O) groups is 3. The summed E-state index contributed by atoms with van der Waals surface area (Å²) in [6.45, 7) is 0.238. The first-order valence-electron chi connectivity index (χ1n) is 26.8. The van der Waals surface area contributed by atoms with Gasteiger partial charge in [-0.1, -0.05) is 199 Å². The van der Waals surface area contributed by atoms with E-state index in [-0.39, 0.29) is 54.2 Å². The normalized spacial score (nSPS) is 15.0. The number of esters is 1. The lowest BCUT2D eigenvalue weighted by molar-refractivity contribution is -0.688. The fourth-order valence-corrected chi connectivity index (χ4v) is 13.3. The number of hydrogen-bond acceptors (Lipinski definition) is 13. The second-order valence-electron chi connectivity index (χ2n) is 19.7. The Bertz CT molecular complexity index is 3740. The average molecular weight is 1280 g/mol. The largest absolute Gasteiger partial charge is 1.00 e. The van der Waals surface area contributed by atoms with Crippen LogP contribution in [0.2, 0.25) is 0 Å². The Morgan fingerprint density at radius 2 is 1.25 bits per heavy atom. The number of halogens is 1. The number of thiazole rings is 2. The van der Waals surface area contributed by atoms with Gasteiger partial charge in [0.15, 0.2) is 29.8 Å². The number of benzene rings is 7. The number of aromatic nitrogens is 3. The van der Waals surface area contributed by atoms with Crippen LogP contribution in [-0.2, 0) is 48.2 Å². The van der Waals surface area contributed by atoms with Gasteiger partial charge in [0.1, 0.15) is 40.7 Å². The third-order valence-corrected chi connectivity index (χ3v) is 17.4. The van der Waals surface area contributed by atoms with E-state index in [1.54, 1.807) is 30.1 Å². The number of anilines is 1. The number of ether oxygens (including phenoxy) is 2. The minimum Gasteiger partial charge on any atom is -1.00 e. The van der Waals surface area contributed by atoms with Crippen LogP contribution >= 0.6 is 34.4 Å². The predicted molar refractivity (Wildman–Crippen MR) is 324 cm³/mol.